The maximum atomic E-state index is 13.7. The monoisotopic (exact) mass is 431 g/mol. The topological polar surface area (TPSA) is 73.9 Å². The molecule has 3 rings (SSSR count). The Morgan fingerprint density at radius 2 is 1.81 bits per heavy atom. The summed E-state index contributed by atoms with van der Waals surface area (Å²) >= 11 is 0. The summed E-state index contributed by atoms with van der Waals surface area (Å²) in [5, 5.41) is 3.28. The maximum absolute atomic E-state index is 13.7. The number of hydrogen-bond donors (Lipinski definition) is 1. The lowest BCUT2D eigenvalue weighted by molar-refractivity contribution is -0.120. The largest absolute Gasteiger partial charge is 0.515 e. The summed E-state index contributed by atoms with van der Waals surface area (Å²) in [5.41, 5.74) is 3.78. The molecule has 1 heterocycles. The first-order valence-corrected chi connectivity index (χ1v) is 11.4. The average molecular weight is 432 g/mol. The minimum Gasteiger partial charge on any atom is -0.434 e. The van der Waals surface area contributed by atoms with E-state index >= 15 is 0 Å². The van der Waals surface area contributed by atoms with Crippen LogP contribution in [0, 0.1) is 13.8 Å². The molecule has 0 amide bonds. The van der Waals surface area contributed by atoms with Gasteiger partial charge in [0.15, 0.2) is 5.78 Å². The number of carbonyl (C=O) groups excluding carboxylic acids is 2. The number of rotatable bonds is 5. The molecule has 0 atom stereocenters. The summed E-state index contributed by atoms with van der Waals surface area (Å²) < 4.78 is 16.0. The molecule has 1 saturated carbocycles. The minimum absolute atomic E-state index is 0.00648. The van der Waals surface area contributed by atoms with Gasteiger partial charge in [0, 0.05) is 7.11 Å². The van der Waals surface area contributed by atoms with E-state index < -0.39 is 11.7 Å². The van der Waals surface area contributed by atoms with Crippen LogP contribution in [0.1, 0.15) is 75.6 Å². The molecule has 31 heavy (non-hydrogen) atoms. The molecule has 0 unspecified atom stereocenters. The van der Waals surface area contributed by atoms with Crippen LogP contribution in [-0.4, -0.2) is 37.3 Å². The Balaban J connectivity index is 0.00000166. The van der Waals surface area contributed by atoms with Crippen molar-refractivity contribution < 1.29 is 23.8 Å². The Labute approximate surface area is 186 Å². The van der Waals surface area contributed by atoms with Crippen LogP contribution in [0.15, 0.2) is 18.0 Å². The molecule has 0 radical (unpaired) electrons. The first kappa shape index (κ1) is 24.9. The molecule has 1 aliphatic heterocycles. The van der Waals surface area contributed by atoms with Crippen molar-refractivity contribution in [2.24, 2.45) is 0 Å². The van der Waals surface area contributed by atoms with Crippen LogP contribution in [0.5, 0.6) is 0 Å². The fraction of sp³-hybridized carbons (Fsp3) is 0.600. The van der Waals surface area contributed by atoms with Crippen molar-refractivity contribution in [3.05, 3.63) is 40.3 Å². The molecule has 1 fully saturated rings. The zero-order chi connectivity index (χ0) is 23.2. The molecule has 2 aliphatic rings. The number of aryl methyl sites for hydroxylation is 3. The third-order valence-electron chi connectivity index (χ3n) is 6.00. The van der Waals surface area contributed by atoms with Gasteiger partial charge in [-0.2, -0.15) is 0 Å². The Hall–Kier alpha value is -2.34. The molecule has 1 aromatic rings. The molecule has 0 saturated heterocycles. The van der Waals surface area contributed by atoms with Gasteiger partial charge in [0.25, 0.3) is 0 Å². The van der Waals surface area contributed by atoms with Crippen molar-refractivity contribution in [2.45, 2.75) is 85.3 Å². The number of carbonyl (C=O) groups is 2. The SMILES string of the molecule is CC.CCOC(=O)OC1=C(c2c(C)cc(C)cc2CC)C(=O)C2(CCC(OC)CC2)N1. The summed E-state index contributed by atoms with van der Waals surface area (Å²) in [5.74, 6) is 0.207. The van der Waals surface area contributed by atoms with Crippen LogP contribution in [0.4, 0.5) is 4.79 Å². The molecular formula is C25H37NO5. The number of ether oxygens (including phenoxy) is 3. The highest BCUT2D eigenvalue weighted by atomic mass is 16.7. The lowest BCUT2D eigenvalue weighted by Gasteiger charge is -2.36. The molecule has 172 valence electrons. The van der Waals surface area contributed by atoms with Gasteiger partial charge in [0.05, 0.1) is 18.3 Å². The average Bonchev–Trinajstić information content (AvgIpc) is 3.00. The number of Topliss-reactive ketones (excluding diaryl/α,β-unsaturated/α-hetero) is 1. The van der Waals surface area contributed by atoms with Gasteiger partial charge in [0.1, 0.15) is 5.54 Å². The molecule has 1 aromatic carbocycles. The molecule has 1 aliphatic carbocycles. The Bertz CT molecular complexity index is 835. The van der Waals surface area contributed by atoms with E-state index in [4.69, 9.17) is 14.2 Å². The standard InChI is InChI=1S/C23H31NO5.C2H6/c1-6-16-13-14(3)12-15(4)18(16)19-20(25)23(10-8-17(27-5)9-11-23)24-21(19)29-22(26)28-7-2;1-2/h12-13,17,24H,6-11H2,1-5H3;1-2H3. The number of methoxy groups -OCH3 is 1. The van der Waals surface area contributed by atoms with E-state index in [0.29, 0.717) is 18.4 Å². The first-order chi connectivity index (χ1) is 14.8. The first-order valence-electron chi connectivity index (χ1n) is 11.4. The van der Waals surface area contributed by atoms with E-state index in [9.17, 15) is 9.59 Å². The Morgan fingerprint density at radius 3 is 2.35 bits per heavy atom. The van der Waals surface area contributed by atoms with E-state index in [2.05, 4.69) is 24.4 Å². The minimum atomic E-state index is -0.800. The molecular weight excluding hydrogens is 394 g/mol. The molecule has 0 bridgehead atoms. The van der Waals surface area contributed by atoms with Gasteiger partial charge < -0.3 is 19.5 Å². The van der Waals surface area contributed by atoms with Crippen LogP contribution in [0.3, 0.4) is 0 Å². The van der Waals surface area contributed by atoms with Crippen LogP contribution < -0.4 is 5.32 Å². The van der Waals surface area contributed by atoms with Crippen molar-refractivity contribution in [3.63, 3.8) is 0 Å². The van der Waals surface area contributed by atoms with E-state index in [-0.39, 0.29) is 24.4 Å². The third kappa shape index (κ3) is 5.12. The second-order valence-electron chi connectivity index (χ2n) is 7.93. The van der Waals surface area contributed by atoms with Gasteiger partial charge >= 0.3 is 6.16 Å². The zero-order valence-corrected chi connectivity index (χ0v) is 20.0. The molecule has 1 spiro atoms. The van der Waals surface area contributed by atoms with E-state index in [1.54, 1.807) is 14.0 Å². The van der Waals surface area contributed by atoms with Crippen molar-refractivity contribution >= 4 is 17.5 Å². The number of benzene rings is 1. The number of ketones is 1. The highest BCUT2D eigenvalue weighted by Gasteiger charge is 2.51. The Morgan fingerprint density at radius 1 is 1.16 bits per heavy atom. The molecule has 6 heteroatoms. The van der Waals surface area contributed by atoms with E-state index in [1.165, 1.54) is 0 Å². The highest BCUT2D eigenvalue weighted by molar-refractivity contribution is 6.28. The number of hydrogen-bond acceptors (Lipinski definition) is 6. The van der Waals surface area contributed by atoms with Crippen LogP contribution in [0.2, 0.25) is 0 Å². The molecule has 6 nitrogen and oxygen atoms in total. The van der Waals surface area contributed by atoms with Crippen LogP contribution >= 0.6 is 0 Å². The predicted octanol–water partition coefficient (Wildman–Crippen LogP) is 5.23. The Kier molecular flexibility index (Phi) is 8.69. The second-order valence-corrected chi connectivity index (χ2v) is 7.93. The summed E-state index contributed by atoms with van der Waals surface area (Å²) in [7, 11) is 1.70. The number of nitrogens with one attached hydrogen (secondary N) is 1. The van der Waals surface area contributed by atoms with E-state index in [0.717, 1.165) is 41.5 Å². The fourth-order valence-electron chi connectivity index (χ4n) is 4.58. The molecule has 0 aromatic heterocycles. The quantitative estimate of drug-likeness (QED) is 0.643. The van der Waals surface area contributed by atoms with Crippen molar-refractivity contribution in [3.8, 4) is 0 Å². The van der Waals surface area contributed by atoms with E-state index in [1.807, 2.05) is 27.7 Å². The van der Waals surface area contributed by atoms with Gasteiger partial charge in [-0.05, 0) is 69.6 Å². The van der Waals surface area contributed by atoms with Crippen molar-refractivity contribution in [1.82, 2.24) is 5.32 Å². The van der Waals surface area contributed by atoms with Gasteiger partial charge in [-0.1, -0.05) is 38.5 Å². The summed E-state index contributed by atoms with van der Waals surface area (Å²) in [6, 6.07) is 4.15. The lowest BCUT2D eigenvalue weighted by Crippen LogP contribution is -2.50. The third-order valence-corrected chi connectivity index (χ3v) is 6.00. The van der Waals surface area contributed by atoms with Gasteiger partial charge in [-0.3, -0.25) is 4.79 Å². The van der Waals surface area contributed by atoms with Gasteiger partial charge in [0.2, 0.25) is 5.88 Å². The second kappa shape index (κ2) is 10.8. The fourth-order valence-corrected chi connectivity index (χ4v) is 4.58. The van der Waals surface area contributed by atoms with Gasteiger partial charge in [-0.25, -0.2) is 4.79 Å². The summed E-state index contributed by atoms with van der Waals surface area (Å²) in [6.45, 7) is 12.0. The highest BCUT2D eigenvalue weighted by Crippen LogP contribution is 2.43. The maximum Gasteiger partial charge on any atom is 0.515 e. The lowest BCUT2D eigenvalue weighted by atomic mass is 9.76. The predicted molar refractivity (Wildman–Crippen MR) is 122 cm³/mol. The molecule has 1 N–H and O–H groups in total. The summed E-state index contributed by atoms with van der Waals surface area (Å²) in [6.07, 6.45) is 2.96. The summed E-state index contributed by atoms with van der Waals surface area (Å²) in [4.78, 5) is 25.8. The van der Waals surface area contributed by atoms with Crippen LogP contribution in [0.25, 0.3) is 5.57 Å². The van der Waals surface area contributed by atoms with Crippen molar-refractivity contribution in [1.29, 1.82) is 0 Å². The van der Waals surface area contributed by atoms with Gasteiger partial charge in [-0.15, -0.1) is 0 Å². The smallest absolute Gasteiger partial charge is 0.434 e. The van der Waals surface area contributed by atoms with Crippen molar-refractivity contribution in [2.75, 3.05) is 13.7 Å². The zero-order valence-electron chi connectivity index (χ0n) is 20.0. The van der Waals surface area contributed by atoms with Crippen LogP contribution in [-0.2, 0) is 25.4 Å². The normalized spacial score (nSPS) is 22.7.